The SMILES string of the molecule is Cc1ccc(C)c(OCC(=O)N2CC=C(c3c[nH]c4c(Cl)cccc34)CC2)c1. The highest BCUT2D eigenvalue weighted by Gasteiger charge is 2.20. The Morgan fingerprint density at radius 3 is 2.89 bits per heavy atom. The smallest absolute Gasteiger partial charge is 0.260 e. The van der Waals surface area contributed by atoms with Crippen LogP contribution in [0.2, 0.25) is 5.02 Å². The quantitative estimate of drug-likeness (QED) is 0.666. The molecule has 2 aromatic carbocycles. The number of aromatic nitrogens is 1. The van der Waals surface area contributed by atoms with Crippen molar-refractivity contribution in [2.24, 2.45) is 0 Å². The molecule has 0 atom stereocenters. The summed E-state index contributed by atoms with van der Waals surface area (Å²) < 4.78 is 5.77. The number of aromatic amines is 1. The van der Waals surface area contributed by atoms with E-state index in [-0.39, 0.29) is 12.5 Å². The zero-order valence-electron chi connectivity index (χ0n) is 16.1. The van der Waals surface area contributed by atoms with Gasteiger partial charge in [-0.1, -0.05) is 41.9 Å². The van der Waals surface area contributed by atoms with E-state index in [4.69, 9.17) is 16.3 Å². The Morgan fingerprint density at radius 1 is 1.25 bits per heavy atom. The minimum atomic E-state index is 0.0122. The summed E-state index contributed by atoms with van der Waals surface area (Å²) in [5.41, 5.74) is 5.53. The number of aryl methyl sites for hydroxylation is 2. The fraction of sp³-hybridized carbons (Fsp3) is 0.261. The van der Waals surface area contributed by atoms with Gasteiger partial charge in [-0.2, -0.15) is 0 Å². The zero-order chi connectivity index (χ0) is 19.7. The fourth-order valence-corrected chi connectivity index (χ4v) is 3.85. The van der Waals surface area contributed by atoms with E-state index in [0.717, 1.165) is 44.8 Å². The molecule has 0 bridgehead atoms. The molecule has 1 N–H and O–H groups in total. The Kier molecular flexibility index (Phi) is 5.14. The molecule has 4 nitrogen and oxygen atoms in total. The monoisotopic (exact) mass is 394 g/mol. The Balaban J connectivity index is 1.42. The number of nitrogens with zero attached hydrogens (tertiary/aromatic N) is 1. The fourth-order valence-electron chi connectivity index (χ4n) is 3.62. The predicted octanol–water partition coefficient (Wildman–Crippen LogP) is 5.13. The summed E-state index contributed by atoms with van der Waals surface area (Å²) in [4.78, 5) is 17.7. The molecule has 3 aromatic rings. The molecular formula is C23H23ClN2O2. The van der Waals surface area contributed by atoms with Crippen LogP contribution in [0, 0.1) is 13.8 Å². The van der Waals surface area contributed by atoms with Crippen molar-refractivity contribution in [1.29, 1.82) is 0 Å². The van der Waals surface area contributed by atoms with Crippen molar-refractivity contribution in [3.8, 4) is 5.75 Å². The average molecular weight is 395 g/mol. The van der Waals surface area contributed by atoms with Gasteiger partial charge in [-0.3, -0.25) is 4.79 Å². The van der Waals surface area contributed by atoms with Gasteiger partial charge in [-0.15, -0.1) is 0 Å². The maximum absolute atomic E-state index is 12.6. The van der Waals surface area contributed by atoms with Crippen molar-refractivity contribution in [3.63, 3.8) is 0 Å². The second-order valence-electron chi connectivity index (χ2n) is 7.24. The molecule has 0 aliphatic carbocycles. The molecule has 2 heterocycles. The minimum absolute atomic E-state index is 0.0122. The maximum atomic E-state index is 12.6. The summed E-state index contributed by atoms with van der Waals surface area (Å²) in [5.74, 6) is 0.787. The summed E-state index contributed by atoms with van der Waals surface area (Å²) in [7, 11) is 0. The maximum Gasteiger partial charge on any atom is 0.260 e. The molecular weight excluding hydrogens is 372 g/mol. The highest BCUT2D eigenvalue weighted by atomic mass is 35.5. The number of carbonyl (C=O) groups is 1. The van der Waals surface area contributed by atoms with Gasteiger partial charge in [0.15, 0.2) is 6.61 Å². The van der Waals surface area contributed by atoms with Gasteiger partial charge < -0.3 is 14.6 Å². The molecule has 0 spiro atoms. The molecule has 1 aromatic heterocycles. The number of hydrogen-bond donors (Lipinski definition) is 1. The predicted molar refractivity (Wildman–Crippen MR) is 114 cm³/mol. The van der Waals surface area contributed by atoms with Gasteiger partial charge in [-0.25, -0.2) is 0 Å². The third-order valence-electron chi connectivity index (χ3n) is 5.27. The van der Waals surface area contributed by atoms with E-state index >= 15 is 0 Å². The first-order valence-electron chi connectivity index (χ1n) is 9.46. The molecule has 0 unspecified atom stereocenters. The van der Waals surface area contributed by atoms with E-state index in [2.05, 4.69) is 17.1 Å². The van der Waals surface area contributed by atoms with Crippen molar-refractivity contribution in [1.82, 2.24) is 9.88 Å². The van der Waals surface area contributed by atoms with Crippen LogP contribution in [0.3, 0.4) is 0 Å². The summed E-state index contributed by atoms with van der Waals surface area (Å²) in [5, 5.41) is 1.84. The van der Waals surface area contributed by atoms with Crippen molar-refractivity contribution >= 4 is 34.0 Å². The number of benzene rings is 2. The van der Waals surface area contributed by atoms with Gasteiger partial charge in [0, 0.05) is 30.2 Å². The highest BCUT2D eigenvalue weighted by Crippen LogP contribution is 2.32. The van der Waals surface area contributed by atoms with Crippen LogP contribution in [0.1, 0.15) is 23.1 Å². The lowest BCUT2D eigenvalue weighted by atomic mass is 9.99. The summed E-state index contributed by atoms with van der Waals surface area (Å²) in [6.07, 6.45) is 4.95. The van der Waals surface area contributed by atoms with Crippen LogP contribution in [0.25, 0.3) is 16.5 Å². The van der Waals surface area contributed by atoms with Gasteiger partial charge in [0.2, 0.25) is 0 Å². The summed E-state index contributed by atoms with van der Waals surface area (Å²) >= 11 is 6.26. The first kappa shape index (κ1) is 18.6. The van der Waals surface area contributed by atoms with E-state index in [1.807, 2.05) is 55.3 Å². The number of rotatable bonds is 4. The lowest BCUT2D eigenvalue weighted by Crippen LogP contribution is -2.37. The normalized spacial score (nSPS) is 14.2. The van der Waals surface area contributed by atoms with E-state index in [1.54, 1.807) is 0 Å². The Morgan fingerprint density at radius 2 is 2.11 bits per heavy atom. The lowest BCUT2D eigenvalue weighted by molar-refractivity contribution is -0.132. The van der Waals surface area contributed by atoms with Gasteiger partial charge in [0.25, 0.3) is 5.91 Å². The number of halogens is 1. The van der Waals surface area contributed by atoms with Crippen LogP contribution in [-0.4, -0.2) is 35.5 Å². The number of para-hydroxylation sites is 1. The third kappa shape index (κ3) is 3.65. The molecule has 144 valence electrons. The Bertz CT molecular complexity index is 1070. The molecule has 4 rings (SSSR count). The number of ether oxygens (including phenoxy) is 1. The molecule has 28 heavy (non-hydrogen) atoms. The first-order valence-corrected chi connectivity index (χ1v) is 9.83. The number of fused-ring (bicyclic) bond motifs is 1. The van der Waals surface area contributed by atoms with Crippen LogP contribution in [-0.2, 0) is 4.79 Å². The van der Waals surface area contributed by atoms with E-state index in [1.165, 1.54) is 5.57 Å². The lowest BCUT2D eigenvalue weighted by Gasteiger charge is -2.26. The molecule has 0 radical (unpaired) electrons. The number of carbonyl (C=O) groups excluding carboxylic acids is 1. The van der Waals surface area contributed by atoms with Gasteiger partial charge in [0.1, 0.15) is 5.75 Å². The van der Waals surface area contributed by atoms with Crippen molar-refractivity contribution in [2.45, 2.75) is 20.3 Å². The van der Waals surface area contributed by atoms with E-state index < -0.39 is 0 Å². The molecule has 1 aliphatic rings. The minimum Gasteiger partial charge on any atom is -0.483 e. The Labute approximate surface area is 169 Å². The van der Waals surface area contributed by atoms with Crippen LogP contribution >= 0.6 is 11.6 Å². The molecule has 1 aliphatic heterocycles. The molecule has 0 saturated carbocycles. The van der Waals surface area contributed by atoms with Crippen LogP contribution < -0.4 is 4.74 Å². The van der Waals surface area contributed by atoms with Crippen LogP contribution in [0.15, 0.2) is 48.7 Å². The van der Waals surface area contributed by atoms with Gasteiger partial charge in [0.05, 0.1) is 10.5 Å². The standard InChI is InChI=1S/C23H23ClN2O2/c1-15-6-7-16(2)21(12-15)28-14-22(27)26-10-8-17(9-11-26)19-13-25-23-18(19)4-3-5-20(23)24/h3-8,12-13,25H,9-11,14H2,1-2H3. The van der Waals surface area contributed by atoms with Crippen LogP contribution in [0.4, 0.5) is 0 Å². The first-order chi connectivity index (χ1) is 13.5. The van der Waals surface area contributed by atoms with Crippen molar-refractivity contribution in [3.05, 3.63) is 70.4 Å². The van der Waals surface area contributed by atoms with E-state index in [9.17, 15) is 4.79 Å². The topological polar surface area (TPSA) is 45.3 Å². The van der Waals surface area contributed by atoms with E-state index in [0.29, 0.717) is 13.1 Å². The zero-order valence-corrected chi connectivity index (χ0v) is 16.8. The van der Waals surface area contributed by atoms with Crippen molar-refractivity contribution < 1.29 is 9.53 Å². The number of hydrogen-bond acceptors (Lipinski definition) is 2. The largest absolute Gasteiger partial charge is 0.483 e. The molecule has 5 heteroatoms. The molecule has 1 amide bonds. The summed E-state index contributed by atoms with van der Waals surface area (Å²) in [6.45, 7) is 5.35. The number of amides is 1. The summed E-state index contributed by atoms with van der Waals surface area (Å²) in [6, 6.07) is 11.9. The molecule has 0 saturated heterocycles. The second kappa shape index (κ2) is 7.72. The Hall–Kier alpha value is -2.72. The number of H-pyrrole nitrogens is 1. The second-order valence-corrected chi connectivity index (χ2v) is 7.65. The van der Waals surface area contributed by atoms with Gasteiger partial charge in [-0.05, 0) is 49.1 Å². The average Bonchev–Trinajstić information content (AvgIpc) is 3.14. The highest BCUT2D eigenvalue weighted by molar-refractivity contribution is 6.35. The number of nitrogens with one attached hydrogen (secondary N) is 1. The molecule has 0 fully saturated rings. The third-order valence-corrected chi connectivity index (χ3v) is 5.58. The van der Waals surface area contributed by atoms with Crippen molar-refractivity contribution in [2.75, 3.05) is 19.7 Å². The van der Waals surface area contributed by atoms with Gasteiger partial charge >= 0.3 is 0 Å². The van der Waals surface area contributed by atoms with Crippen LogP contribution in [0.5, 0.6) is 5.75 Å².